The molecule has 0 saturated carbocycles. The van der Waals surface area contributed by atoms with Gasteiger partial charge >= 0.3 is 0 Å². The van der Waals surface area contributed by atoms with Gasteiger partial charge in [0.15, 0.2) is 0 Å². The van der Waals surface area contributed by atoms with Gasteiger partial charge in [0.2, 0.25) is 0 Å². The lowest BCUT2D eigenvalue weighted by molar-refractivity contribution is 0.0694. The van der Waals surface area contributed by atoms with E-state index < -0.39 is 0 Å². The van der Waals surface area contributed by atoms with Crippen LogP contribution in [0.15, 0.2) is 17.5 Å². The summed E-state index contributed by atoms with van der Waals surface area (Å²) in [6, 6.07) is 4.57. The SMILES string of the molecule is CC(C)N(CC1CCCN1)C(=O)c1cccs1. The predicted octanol–water partition coefficient (Wildman–Crippen LogP) is 2.35. The number of carbonyl (C=O) groups is 1. The number of nitrogens with one attached hydrogen (secondary N) is 1. The molecule has 1 aromatic rings. The van der Waals surface area contributed by atoms with Gasteiger partial charge in [0.1, 0.15) is 0 Å². The number of carbonyl (C=O) groups excluding carboxylic acids is 1. The van der Waals surface area contributed by atoms with Crippen LogP contribution in [0.3, 0.4) is 0 Å². The summed E-state index contributed by atoms with van der Waals surface area (Å²) in [5.41, 5.74) is 0. The third-order valence-electron chi connectivity index (χ3n) is 3.20. The molecule has 1 aromatic heterocycles. The molecule has 3 nitrogen and oxygen atoms in total. The largest absolute Gasteiger partial charge is 0.334 e. The monoisotopic (exact) mass is 252 g/mol. The smallest absolute Gasteiger partial charge is 0.264 e. The van der Waals surface area contributed by atoms with Gasteiger partial charge in [-0.15, -0.1) is 11.3 Å². The molecule has 1 amide bonds. The summed E-state index contributed by atoms with van der Waals surface area (Å²) in [5, 5.41) is 5.41. The number of nitrogens with zero attached hydrogens (tertiary/aromatic N) is 1. The molecule has 1 aliphatic heterocycles. The van der Waals surface area contributed by atoms with E-state index >= 15 is 0 Å². The highest BCUT2D eigenvalue weighted by atomic mass is 32.1. The quantitative estimate of drug-likeness (QED) is 0.892. The Labute approximate surface area is 107 Å². The van der Waals surface area contributed by atoms with Crippen molar-refractivity contribution < 1.29 is 4.79 Å². The normalized spacial score (nSPS) is 19.8. The van der Waals surface area contributed by atoms with E-state index in [9.17, 15) is 4.79 Å². The Kier molecular flexibility index (Phi) is 4.18. The van der Waals surface area contributed by atoms with Crippen molar-refractivity contribution in [3.05, 3.63) is 22.4 Å². The minimum atomic E-state index is 0.170. The van der Waals surface area contributed by atoms with E-state index in [2.05, 4.69) is 19.2 Å². The van der Waals surface area contributed by atoms with E-state index in [1.165, 1.54) is 24.2 Å². The van der Waals surface area contributed by atoms with E-state index in [-0.39, 0.29) is 11.9 Å². The Bertz CT molecular complexity index is 356. The summed E-state index contributed by atoms with van der Waals surface area (Å²) >= 11 is 1.52. The summed E-state index contributed by atoms with van der Waals surface area (Å²) in [7, 11) is 0. The van der Waals surface area contributed by atoms with Gasteiger partial charge in [0.25, 0.3) is 5.91 Å². The lowest BCUT2D eigenvalue weighted by Crippen LogP contribution is -2.44. The first-order valence-electron chi connectivity index (χ1n) is 6.26. The van der Waals surface area contributed by atoms with Crippen LogP contribution >= 0.6 is 11.3 Å². The summed E-state index contributed by atoms with van der Waals surface area (Å²) in [6.07, 6.45) is 2.41. The molecule has 2 heterocycles. The van der Waals surface area contributed by atoms with Gasteiger partial charge in [-0.2, -0.15) is 0 Å². The van der Waals surface area contributed by atoms with Crippen LogP contribution in [0.25, 0.3) is 0 Å². The summed E-state index contributed by atoms with van der Waals surface area (Å²) in [6.45, 7) is 6.08. The predicted molar refractivity (Wildman–Crippen MR) is 71.5 cm³/mol. The lowest BCUT2D eigenvalue weighted by Gasteiger charge is -2.29. The Balaban J connectivity index is 2.03. The summed E-state index contributed by atoms with van der Waals surface area (Å²) in [5.74, 6) is 0.170. The fourth-order valence-electron chi connectivity index (χ4n) is 2.22. The second-order valence-corrected chi connectivity index (χ2v) is 5.77. The van der Waals surface area contributed by atoms with Crippen LogP contribution in [0.5, 0.6) is 0 Å². The minimum Gasteiger partial charge on any atom is -0.334 e. The van der Waals surface area contributed by atoms with Gasteiger partial charge in [-0.3, -0.25) is 4.79 Å². The number of hydrogen-bond acceptors (Lipinski definition) is 3. The zero-order valence-electron chi connectivity index (χ0n) is 10.5. The Morgan fingerprint density at radius 1 is 1.65 bits per heavy atom. The molecular formula is C13H20N2OS. The van der Waals surface area contributed by atoms with Crippen molar-refractivity contribution in [3.8, 4) is 0 Å². The molecule has 2 rings (SSSR count). The lowest BCUT2D eigenvalue weighted by atomic mass is 10.2. The summed E-state index contributed by atoms with van der Waals surface area (Å²) in [4.78, 5) is 15.2. The zero-order chi connectivity index (χ0) is 12.3. The first-order chi connectivity index (χ1) is 8.18. The van der Waals surface area contributed by atoms with E-state index in [4.69, 9.17) is 0 Å². The van der Waals surface area contributed by atoms with E-state index in [1.54, 1.807) is 0 Å². The average molecular weight is 252 g/mol. The van der Waals surface area contributed by atoms with Crippen LogP contribution in [0, 0.1) is 0 Å². The molecule has 17 heavy (non-hydrogen) atoms. The molecule has 1 atom stereocenters. The van der Waals surface area contributed by atoms with Crippen LogP contribution in [0.4, 0.5) is 0 Å². The maximum Gasteiger partial charge on any atom is 0.264 e. The van der Waals surface area contributed by atoms with Crippen molar-refractivity contribution in [3.63, 3.8) is 0 Å². The van der Waals surface area contributed by atoms with Crippen molar-refractivity contribution in [2.75, 3.05) is 13.1 Å². The second kappa shape index (κ2) is 5.65. The average Bonchev–Trinajstić information content (AvgIpc) is 2.97. The first-order valence-corrected chi connectivity index (χ1v) is 7.14. The summed E-state index contributed by atoms with van der Waals surface area (Å²) < 4.78 is 0. The molecule has 1 aliphatic rings. The fourth-order valence-corrected chi connectivity index (χ4v) is 2.90. The molecular weight excluding hydrogens is 232 g/mol. The molecule has 0 aromatic carbocycles. The minimum absolute atomic E-state index is 0.170. The number of hydrogen-bond donors (Lipinski definition) is 1. The third-order valence-corrected chi connectivity index (χ3v) is 4.05. The maximum atomic E-state index is 12.3. The topological polar surface area (TPSA) is 32.3 Å². The van der Waals surface area contributed by atoms with Crippen molar-refractivity contribution in [2.24, 2.45) is 0 Å². The van der Waals surface area contributed by atoms with Gasteiger partial charge in [0, 0.05) is 18.6 Å². The van der Waals surface area contributed by atoms with Gasteiger partial charge in [-0.05, 0) is 44.7 Å². The fraction of sp³-hybridized carbons (Fsp3) is 0.615. The van der Waals surface area contributed by atoms with E-state index in [1.807, 2.05) is 22.4 Å². The second-order valence-electron chi connectivity index (χ2n) is 4.82. The maximum absolute atomic E-state index is 12.3. The molecule has 1 saturated heterocycles. The Morgan fingerprint density at radius 2 is 2.47 bits per heavy atom. The molecule has 0 radical (unpaired) electrons. The van der Waals surface area contributed by atoms with Crippen molar-refractivity contribution >= 4 is 17.2 Å². The highest BCUT2D eigenvalue weighted by Gasteiger charge is 2.24. The van der Waals surface area contributed by atoms with Gasteiger partial charge in [-0.1, -0.05) is 6.07 Å². The van der Waals surface area contributed by atoms with E-state index in [0.29, 0.717) is 6.04 Å². The zero-order valence-corrected chi connectivity index (χ0v) is 11.3. The van der Waals surface area contributed by atoms with Crippen molar-refractivity contribution in [2.45, 2.75) is 38.8 Å². The van der Waals surface area contributed by atoms with Crippen LogP contribution in [0.1, 0.15) is 36.4 Å². The Morgan fingerprint density at radius 3 is 3.00 bits per heavy atom. The third kappa shape index (κ3) is 3.07. The van der Waals surface area contributed by atoms with Crippen LogP contribution in [-0.4, -0.2) is 36.0 Å². The molecule has 94 valence electrons. The van der Waals surface area contributed by atoms with Crippen LogP contribution in [-0.2, 0) is 0 Å². The van der Waals surface area contributed by atoms with Gasteiger partial charge < -0.3 is 10.2 Å². The molecule has 1 fully saturated rings. The number of rotatable bonds is 4. The number of thiophene rings is 1. The molecule has 0 bridgehead atoms. The molecule has 1 unspecified atom stereocenters. The van der Waals surface area contributed by atoms with E-state index in [0.717, 1.165) is 18.0 Å². The van der Waals surface area contributed by atoms with Crippen molar-refractivity contribution in [1.82, 2.24) is 10.2 Å². The van der Waals surface area contributed by atoms with Crippen molar-refractivity contribution in [1.29, 1.82) is 0 Å². The highest BCUT2D eigenvalue weighted by molar-refractivity contribution is 7.12. The molecule has 1 N–H and O–H groups in total. The molecule has 0 spiro atoms. The Hall–Kier alpha value is -0.870. The standard InChI is InChI=1S/C13H20N2OS/c1-10(2)15(9-11-5-3-7-14-11)13(16)12-6-4-8-17-12/h4,6,8,10-11,14H,3,5,7,9H2,1-2H3. The first kappa shape index (κ1) is 12.6. The number of amides is 1. The van der Waals surface area contributed by atoms with Crippen LogP contribution < -0.4 is 5.32 Å². The molecule has 4 heteroatoms. The highest BCUT2D eigenvalue weighted by Crippen LogP contribution is 2.16. The van der Waals surface area contributed by atoms with Gasteiger partial charge in [-0.25, -0.2) is 0 Å². The van der Waals surface area contributed by atoms with Gasteiger partial charge in [0.05, 0.1) is 4.88 Å². The van der Waals surface area contributed by atoms with Crippen LogP contribution in [0.2, 0.25) is 0 Å². The molecule has 0 aliphatic carbocycles.